The van der Waals surface area contributed by atoms with Gasteiger partial charge in [0.15, 0.2) is 5.82 Å². The van der Waals surface area contributed by atoms with Gasteiger partial charge in [-0.3, -0.25) is 4.79 Å². The number of carbonyl (C=O) groups excluding carboxylic acids is 1. The number of aromatic nitrogens is 2. The van der Waals surface area contributed by atoms with Crippen LogP contribution in [0.1, 0.15) is 38.4 Å². The van der Waals surface area contributed by atoms with Crippen molar-refractivity contribution in [3.63, 3.8) is 0 Å². The lowest BCUT2D eigenvalue weighted by Crippen LogP contribution is -2.50. The molecule has 1 aliphatic heterocycles. The summed E-state index contributed by atoms with van der Waals surface area (Å²) < 4.78 is 10.0. The van der Waals surface area contributed by atoms with E-state index in [9.17, 15) is 4.79 Å². The van der Waals surface area contributed by atoms with Crippen molar-refractivity contribution in [3.05, 3.63) is 11.7 Å². The van der Waals surface area contributed by atoms with Crippen molar-refractivity contribution in [2.45, 2.75) is 39.7 Å². The largest absolute Gasteiger partial charge is 0.377 e. The standard InChI is InChI=1S/C15H26N4O3/c1-4-19-9-5-7-15(2,11-19)14(20)16-8-6-13-17-12(10-21-3)18-22-13/h4-11H2,1-3H3,(H,16,20)/t15-/m0/s1. The van der Waals surface area contributed by atoms with Crippen LogP contribution in [-0.2, 0) is 22.6 Å². The van der Waals surface area contributed by atoms with E-state index >= 15 is 0 Å². The summed E-state index contributed by atoms with van der Waals surface area (Å²) in [5.41, 5.74) is -0.301. The van der Waals surface area contributed by atoms with E-state index in [1.807, 2.05) is 6.92 Å². The number of hydrogen-bond acceptors (Lipinski definition) is 6. The number of nitrogens with one attached hydrogen (secondary N) is 1. The zero-order chi connectivity index (χ0) is 16.0. The lowest BCUT2D eigenvalue weighted by atomic mass is 9.81. The maximum Gasteiger partial charge on any atom is 0.228 e. The second-order valence-electron chi connectivity index (χ2n) is 6.08. The van der Waals surface area contributed by atoms with Crippen LogP contribution in [0.4, 0.5) is 0 Å². The van der Waals surface area contributed by atoms with Gasteiger partial charge in [0.2, 0.25) is 11.8 Å². The summed E-state index contributed by atoms with van der Waals surface area (Å²) in [5.74, 6) is 1.17. The Kier molecular flexibility index (Phi) is 5.90. The van der Waals surface area contributed by atoms with E-state index in [1.54, 1.807) is 7.11 Å². The monoisotopic (exact) mass is 310 g/mol. The molecule has 124 valence electrons. The summed E-state index contributed by atoms with van der Waals surface area (Å²) in [5, 5.41) is 6.80. The van der Waals surface area contributed by atoms with E-state index in [0.717, 1.165) is 32.5 Å². The third kappa shape index (κ3) is 4.27. The molecule has 0 radical (unpaired) electrons. The molecule has 1 aromatic rings. The Bertz CT molecular complexity index is 491. The van der Waals surface area contributed by atoms with Crippen LogP contribution in [0.3, 0.4) is 0 Å². The van der Waals surface area contributed by atoms with Crippen LogP contribution in [0.2, 0.25) is 0 Å². The van der Waals surface area contributed by atoms with Gasteiger partial charge >= 0.3 is 0 Å². The number of amides is 1. The predicted molar refractivity (Wildman–Crippen MR) is 81.2 cm³/mol. The molecular formula is C15H26N4O3. The first-order valence-electron chi connectivity index (χ1n) is 7.88. The fraction of sp³-hybridized carbons (Fsp3) is 0.800. The minimum atomic E-state index is -0.301. The zero-order valence-electron chi connectivity index (χ0n) is 13.7. The highest BCUT2D eigenvalue weighted by molar-refractivity contribution is 5.82. The van der Waals surface area contributed by atoms with Crippen LogP contribution < -0.4 is 5.32 Å². The topological polar surface area (TPSA) is 80.5 Å². The van der Waals surface area contributed by atoms with E-state index in [1.165, 1.54) is 0 Å². The highest BCUT2D eigenvalue weighted by Crippen LogP contribution is 2.29. The minimum Gasteiger partial charge on any atom is -0.377 e. The normalized spacial score (nSPS) is 22.7. The van der Waals surface area contributed by atoms with Crippen LogP contribution in [0, 0.1) is 5.41 Å². The molecule has 7 heteroatoms. The second kappa shape index (κ2) is 7.69. The molecule has 2 rings (SSSR count). The Balaban J connectivity index is 1.79. The average molecular weight is 310 g/mol. The number of piperidine rings is 1. The van der Waals surface area contributed by atoms with Crippen molar-refractivity contribution in [1.82, 2.24) is 20.4 Å². The first-order valence-corrected chi connectivity index (χ1v) is 7.88. The van der Waals surface area contributed by atoms with Crippen molar-refractivity contribution in [3.8, 4) is 0 Å². The van der Waals surface area contributed by atoms with Crippen LogP contribution in [-0.4, -0.2) is 54.2 Å². The van der Waals surface area contributed by atoms with Crippen molar-refractivity contribution in [1.29, 1.82) is 0 Å². The van der Waals surface area contributed by atoms with Crippen LogP contribution in [0.15, 0.2) is 4.52 Å². The lowest BCUT2D eigenvalue weighted by Gasteiger charge is -2.38. The fourth-order valence-corrected chi connectivity index (χ4v) is 2.88. The SMILES string of the molecule is CCN1CCC[C@](C)(C(=O)NCCc2nc(COC)no2)C1. The van der Waals surface area contributed by atoms with Gasteiger partial charge in [0.25, 0.3) is 0 Å². The molecule has 1 amide bonds. The molecule has 1 saturated heterocycles. The smallest absolute Gasteiger partial charge is 0.228 e. The molecule has 1 fully saturated rings. The number of carbonyl (C=O) groups is 1. The van der Waals surface area contributed by atoms with Gasteiger partial charge < -0.3 is 19.5 Å². The summed E-state index contributed by atoms with van der Waals surface area (Å²) in [4.78, 5) is 19.0. The van der Waals surface area contributed by atoms with Crippen LogP contribution >= 0.6 is 0 Å². The van der Waals surface area contributed by atoms with E-state index in [-0.39, 0.29) is 11.3 Å². The Hall–Kier alpha value is -1.47. The van der Waals surface area contributed by atoms with Gasteiger partial charge in [0.05, 0.1) is 5.41 Å². The molecule has 0 aromatic carbocycles. The highest BCUT2D eigenvalue weighted by Gasteiger charge is 2.37. The molecule has 0 bridgehead atoms. The summed E-state index contributed by atoms with van der Waals surface area (Å²) in [6, 6.07) is 0. The van der Waals surface area contributed by atoms with Crippen molar-refractivity contribution in [2.24, 2.45) is 5.41 Å². The van der Waals surface area contributed by atoms with Crippen molar-refractivity contribution < 1.29 is 14.1 Å². The third-order valence-corrected chi connectivity index (χ3v) is 4.18. The Morgan fingerprint density at radius 2 is 2.36 bits per heavy atom. The number of ether oxygens (including phenoxy) is 1. The summed E-state index contributed by atoms with van der Waals surface area (Å²) in [7, 11) is 1.58. The molecule has 0 saturated carbocycles. The van der Waals surface area contributed by atoms with Gasteiger partial charge in [-0.1, -0.05) is 12.1 Å². The molecule has 22 heavy (non-hydrogen) atoms. The number of likely N-dealkylation sites (tertiary alicyclic amines) is 1. The molecule has 1 aromatic heterocycles. The predicted octanol–water partition coefficient (Wildman–Crippen LogP) is 0.997. The van der Waals surface area contributed by atoms with Crippen LogP contribution in [0.25, 0.3) is 0 Å². The lowest BCUT2D eigenvalue weighted by molar-refractivity contribution is -0.133. The maximum atomic E-state index is 12.5. The van der Waals surface area contributed by atoms with E-state index in [0.29, 0.717) is 31.3 Å². The first kappa shape index (κ1) is 16.9. The summed E-state index contributed by atoms with van der Waals surface area (Å²) in [6.45, 7) is 7.94. The molecule has 0 spiro atoms. The van der Waals surface area contributed by atoms with Crippen molar-refractivity contribution in [2.75, 3.05) is 33.3 Å². The van der Waals surface area contributed by atoms with E-state index in [4.69, 9.17) is 9.26 Å². The number of hydrogen-bond donors (Lipinski definition) is 1. The number of rotatable bonds is 7. The molecule has 1 N–H and O–H groups in total. The highest BCUT2D eigenvalue weighted by atomic mass is 16.5. The molecule has 0 unspecified atom stereocenters. The van der Waals surface area contributed by atoms with Crippen LogP contribution in [0.5, 0.6) is 0 Å². The van der Waals surface area contributed by atoms with Gasteiger partial charge in [-0.15, -0.1) is 0 Å². The fourth-order valence-electron chi connectivity index (χ4n) is 2.88. The van der Waals surface area contributed by atoms with Gasteiger partial charge in [-0.25, -0.2) is 0 Å². The third-order valence-electron chi connectivity index (χ3n) is 4.18. The second-order valence-corrected chi connectivity index (χ2v) is 6.08. The Morgan fingerprint density at radius 3 is 3.09 bits per heavy atom. The molecule has 1 aliphatic rings. The maximum absolute atomic E-state index is 12.5. The number of methoxy groups -OCH3 is 1. The van der Waals surface area contributed by atoms with Gasteiger partial charge in [0.1, 0.15) is 6.61 Å². The summed E-state index contributed by atoms with van der Waals surface area (Å²) in [6.07, 6.45) is 2.55. The quantitative estimate of drug-likeness (QED) is 0.809. The molecule has 0 aliphatic carbocycles. The van der Waals surface area contributed by atoms with Gasteiger partial charge in [0, 0.05) is 26.6 Å². The zero-order valence-corrected chi connectivity index (χ0v) is 13.7. The first-order chi connectivity index (χ1) is 10.6. The molecular weight excluding hydrogens is 284 g/mol. The minimum absolute atomic E-state index is 0.113. The average Bonchev–Trinajstić information content (AvgIpc) is 2.95. The molecule has 7 nitrogen and oxygen atoms in total. The Labute approximate surface area is 131 Å². The van der Waals surface area contributed by atoms with Gasteiger partial charge in [-0.2, -0.15) is 4.98 Å². The molecule has 2 heterocycles. The van der Waals surface area contributed by atoms with Crippen molar-refractivity contribution >= 4 is 5.91 Å². The number of nitrogens with zero attached hydrogens (tertiary/aromatic N) is 3. The van der Waals surface area contributed by atoms with E-state index in [2.05, 4.69) is 27.3 Å². The van der Waals surface area contributed by atoms with E-state index < -0.39 is 0 Å². The summed E-state index contributed by atoms with van der Waals surface area (Å²) >= 11 is 0. The Morgan fingerprint density at radius 1 is 1.55 bits per heavy atom. The van der Waals surface area contributed by atoms with Gasteiger partial charge in [-0.05, 0) is 32.9 Å². The molecule has 1 atom stereocenters.